The second-order valence-corrected chi connectivity index (χ2v) is 8.36. The van der Waals surface area contributed by atoms with Crippen molar-refractivity contribution in [3.63, 3.8) is 0 Å². The lowest BCUT2D eigenvalue weighted by Gasteiger charge is -2.19. The highest BCUT2D eigenvalue weighted by atomic mass is 35.5. The summed E-state index contributed by atoms with van der Waals surface area (Å²) < 4.78 is 25.3. The summed E-state index contributed by atoms with van der Waals surface area (Å²) in [5.74, 6) is 0. The topological polar surface area (TPSA) is 37.4 Å². The van der Waals surface area contributed by atoms with Gasteiger partial charge >= 0.3 is 0 Å². The molecule has 1 aromatic heterocycles. The van der Waals surface area contributed by atoms with E-state index in [4.69, 9.17) is 11.6 Å². The first-order valence-electron chi connectivity index (χ1n) is 6.67. The van der Waals surface area contributed by atoms with Gasteiger partial charge in [-0.1, -0.05) is 29.8 Å². The first-order chi connectivity index (χ1) is 9.95. The molecule has 3 nitrogen and oxygen atoms in total. The van der Waals surface area contributed by atoms with Gasteiger partial charge in [-0.25, -0.2) is 8.42 Å². The average Bonchev–Trinajstić information content (AvgIpc) is 2.89. The summed E-state index contributed by atoms with van der Waals surface area (Å²) in [5, 5.41) is 2.67. The lowest BCUT2D eigenvalue weighted by molar-refractivity contribution is 0.406. The molecule has 0 bridgehead atoms. The monoisotopic (exact) mass is 343 g/mol. The number of benzene rings is 1. The van der Waals surface area contributed by atoms with Crippen LogP contribution in [0.4, 0.5) is 0 Å². The number of hydrogen-bond acceptors (Lipinski definition) is 3. The Labute approximate surface area is 135 Å². The van der Waals surface area contributed by atoms with Gasteiger partial charge in [-0.15, -0.1) is 11.3 Å². The summed E-state index contributed by atoms with van der Waals surface area (Å²) in [6.45, 7) is 0.968. The number of halogens is 1. The Morgan fingerprint density at radius 2 is 2.05 bits per heavy atom. The number of sulfonamides is 1. The van der Waals surface area contributed by atoms with Crippen molar-refractivity contribution in [1.82, 2.24) is 4.31 Å². The lowest BCUT2D eigenvalue weighted by atomic mass is 10.1. The fourth-order valence-corrected chi connectivity index (χ4v) is 3.94. The number of rotatable bonds is 7. The summed E-state index contributed by atoms with van der Waals surface area (Å²) in [7, 11) is -3.19. The molecule has 0 aliphatic carbocycles. The lowest BCUT2D eigenvalue weighted by Crippen LogP contribution is -2.30. The zero-order chi connectivity index (χ0) is 15.3. The molecule has 1 aromatic carbocycles. The molecule has 0 aliphatic heterocycles. The van der Waals surface area contributed by atoms with Crippen molar-refractivity contribution in [1.29, 1.82) is 0 Å². The highest BCUT2D eigenvalue weighted by Crippen LogP contribution is 2.16. The third-order valence-electron chi connectivity index (χ3n) is 3.14. The predicted molar refractivity (Wildman–Crippen MR) is 89.3 cm³/mol. The summed E-state index contributed by atoms with van der Waals surface area (Å²) in [6.07, 6.45) is 2.86. The maximum Gasteiger partial charge on any atom is 0.211 e. The summed E-state index contributed by atoms with van der Waals surface area (Å²) in [6, 6.07) is 11.6. The predicted octanol–water partition coefficient (Wildman–Crippen LogP) is 3.80. The molecule has 2 aromatic rings. The van der Waals surface area contributed by atoms with Gasteiger partial charge in [-0.3, -0.25) is 0 Å². The molecule has 0 saturated carbocycles. The summed E-state index contributed by atoms with van der Waals surface area (Å²) >= 11 is 7.52. The fraction of sp³-hybridized carbons (Fsp3) is 0.333. The second kappa shape index (κ2) is 7.40. The number of nitrogens with zero attached hydrogens (tertiary/aromatic N) is 1. The van der Waals surface area contributed by atoms with E-state index in [-0.39, 0.29) is 0 Å². The largest absolute Gasteiger partial charge is 0.212 e. The van der Waals surface area contributed by atoms with Gasteiger partial charge < -0.3 is 0 Å². The van der Waals surface area contributed by atoms with E-state index >= 15 is 0 Å². The zero-order valence-corrected chi connectivity index (χ0v) is 14.2. The van der Waals surface area contributed by atoms with Gasteiger partial charge in [0.25, 0.3) is 0 Å². The van der Waals surface area contributed by atoms with Crippen molar-refractivity contribution in [2.24, 2.45) is 0 Å². The molecule has 0 radical (unpaired) electrons. The quantitative estimate of drug-likeness (QED) is 0.766. The Bertz CT molecular complexity index is 669. The SMILES string of the molecule is CS(=O)(=O)N(CCCc1cccc(Cl)c1)Cc1cccs1. The first kappa shape index (κ1) is 16.5. The van der Waals surface area contributed by atoms with E-state index in [1.807, 2.05) is 41.8 Å². The molecule has 0 unspecified atom stereocenters. The highest BCUT2D eigenvalue weighted by molar-refractivity contribution is 7.88. The van der Waals surface area contributed by atoms with Gasteiger partial charge in [-0.05, 0) is 42.0 Å². The molecule has 114 valence electrons. The van der Waals surface area contributed by atoms with Gasteiger partial charge in [0.1, 0.15) is 0 Å². The Hall–Kier alpha value is -0.880. The van der Waals surface area contributed by atoms with Gasteiger partial charge in [0.05, 0.1) is 6.26 Å². The van der Waals surface area contributed by atoms with Gasteiger partial charge in [-0.2, -0.15) is 4.31 Å². The smallest absolute Gasteiger partial charge is 0.211 e. The van der Waals surface area contributed by atoms with E-state index in [2.05, 4.69) is 0 Å². The minimum absolute atomic E-state index is 0.450. The fourth-order valence-electron chi connectivity index (χ4n) is 2.09. The van der Waals surface area contributed by atoms with Crippen LogP contribution in [0.1, 0.15) is 16.9 Å². The molecule has 6 heteroatoms. The van der Waals surface area contributed by atoms with E-state index in [1.54, 1.807) is 11.3 Å². The molecule has 0 amide bonds. The number of hydrogen-bond donors (Lipinski definition) is 0. The van der Waals surface area contributed by atoms with Gasteiger partial charge in [0.15, 0.2) is 0 Å². The minimum Gasteiger partial charge on any atom is -0.212 e. The Kier molecular flexibility index (Phi) is 5.81. The third kappa shape index (κ3) is 5.43. The van der Waals surface area contributed by atoms with E-state index < -0.39 is 10.0 Å². The first-order valence-corrected chi connectivity index (χ1v) is 9.78. The highest BCUT2D eigenvalue weighted by Gasteiger charge is 2.17. The second-order valence-electron chi connectivity index (χ2n) is 4.91. The number of aryl methyl sites for hydroxylation is 1. The molecule has 21 heavy (non-hydrogen) atoms. The van der Waals surface area contributed by atoms with E-state index in [9.17, 15) is 8.42 Å². The van der Waals surface area contributed by atoms with Crippen molar-refractivity contribution in [3.8, 4) is 0 Å². The molecule has 1 heterocycles. The molecule has 2 rings (SSSR count). The van der Waals surface area contributed by atoms with E-state index in [0.717, 1.165) is 23.3 Å². The molecular weight excluding hydrogens is 326 g/mol. The minimum atomic E-state index is -3.19. The van der Waals surface area contributed by atoms with Crippen LogP contribution < -0.4 is 0 Å². The molecule has 0 fully saturated rings. The van der Waals surface area contributed by atoms with Crippen molar-refractivity contribution in [2.45, 2.75) is 19.4 Å². The normalized spacial score (nSPS) is 12.0. The standard InChI is InChI=1S/C15H18ClNO2S2/c1-21(18,19)17(12-15-8-4-10-20-15)9-3-6-13-5-2-7-14(16)11-13/h2,4-5,7-8,10-11H,3,6,9,12H2,1H3. The maximum atomic E-state index is 11.9. The molecule has 0 aliphatic rings. The van der Waals surface area contributed by atoms with Crippen molar-refractivity contribution >= 4 is 33.0 Å². The summed E-state index contributed by atoms with van der Waals surface area (Å²) in [4.78, 5) is 1.06. The van der Waals surface area contributed by atoms with E-state index in [0.29, 0.717) is 18.1 Å². The van der Waals surface area contributed by atoms with Crippen LogP contribution >= 0.6 is 22.9 Å². The Balaban J connectivity index is 1.93. The molecule has 0 atom stereocenters. The molecule has 0 saturated heterocycles. The van der Waals surface area contributed by atoms with Crippen molar-refractivity contribution in [3.05, 3.63) is 57.2 Å². The van der Waals surface area contributed by atoms with Crippen LogP contribution in [-0.4, -0.2) is 25.5 Å². The number of thiophene rings is 1. The zero-order valence-electron chi connectivity index (χ0n) is 11.8. The van der Waals surface area contributed by atoms with Crippen LogP contribution in [-0.2, 0) is 23.0 Å². The Morgan fingerprint density at radius 3 is 2.67 bits per heavy atom. The summed E-state index contributed by atoms with van der Waals surface area (Å²) in [5.41, 5.74) is 1.13. The van der Waals surface area contributed by atoms with Gasteiger partial charge in [0.2, 0.25) is 10.0 Å². The van der Waals surface area contributed by atoms with Crippen LogP contribution in [0, 0.1) is 0 Å². The molecule has 0 N–H and O–H groups in total. The van der Waals surface area contributed by atoms with Crippen LogP contribution in [0.25, 0.3) is 0 Å². The maximum absolute atomic E-state index is 11.9. The van der Waals surface area contributed by atoms with Crippen molar-refractivity contribution in [2.75, 3.05) is 12.8 Å². The average molecular weight is 344 g/mol. The van der Waals surface area contributed by atoms with Crippen LogP contribution in [0.5, 0.6) is 0 Å². The van der Waals surface area contributed by atoms with Crippen LogP contribution in [0.15, 0.2) is 41.8 Å². The van der Waals surface area contributed by atoms with Gasteiger partial charge in [0, 0.05) is 23.0 Å². The Morgan fingerprint density at radius 1 is 1.24 bits per heavy atom. The van der Waals surface area contributed by atoms with Crippen LogP contribution in [0.3, 0.4) is 0 Å². The molecular formula is C15H18ClNO2S2. The van der Waals surface area contributed by atoms with Crippen molar-refractivity contribution < 1.29 is 8.42 Å². The molecule has 0 spiro atoms. The van der Waals surface area contributed by atoms with E-state index in [1.165, 1.54) is 10.6 Å². The third-order valence-corrected chi connectivity index (χ3v) is 5.49. The van der Waals surface area contributed by atoms with Crippen LogP contribution in [0.2, 0.25) is 5.02 Å².